The zero-order valence-electron chi connectivity index (χ0n) is 12.9. The van der Waals surface area contributed by atoms with Crippen LogP contribution in [0.4, 0.5) is 18.9 Å². The van der Waals surface area contributed by atoms with E-state index in [-0.39, 0.29) is 18.0 Å². The first-order chi connectivity index (χ1) is 10.5. The van der Waals surface area contributed by atoms with E-state index in [0.29, 0.717) is 4.90 Å². The minimum atomic E-state index is -4.46. The summed E-state index contributed by atoms with van der Waals surface area (Å²) in [6, 6.07) is 3.19. The Morgan fingerprint density at radius 3 is 2.52 bits per heavy atom. The number of hydrogen-bond donors (Lipinski definition) is 2. The molecular formula is C15H17F3N2O2S. The Morgan fingerprint density at radius 2 is 1.96 bits per heavy atom. The molecule has 8 heteroatoms. The van der Waals surface area contributed by atoms with Gasteiger partial charge >= 0.3 is 6.18 Å². The Balaban J connectivity index is 2.12. The van der Waals surface area contributed by atoms with E-state index in [1.807, 2.05) is 20.8 Å². The van der Waals surface area contributed by atoms with E-state index in [0.717, 1.165) is 23.9 Å². The smallest absolute Gasteiger partial charge is 0.351 e. The Kier molecular flexibility index (Phi) is 4.66. The van der Waals surface area contributed by atoms with E-state index in [4.69, 9.17) is 0 Å². The number of rotatable bonds is 2. The summed E-state index contributed by atoms with van der Waals surface area (Å²) in [5.74, 6) is -0.744. The third-order valence-electron chi connectivity index (χ3n) is 3.01. The molecule has 126 valence electrons. The molecule has 0 spiro atoms. The number of hydrogen-bond acceptors (Lipinski definition) is 3. The van der Waals surface area contributed by atoms with Crippen LogP contribution in [0.25, 0.3) is 0 Å². The summed E-state index contributed by atoms with van der Waals surface area (Å²) in [6.45, 7) is 5.48. The molecule has 0 radical (unpaired) electrons. The molecule has 4 nitrogen and oxygen atoms in total. The number of nitrogens with one attached hydrogen (secondary N) is 2. The fourth-order valence-electron chi connectivity index (χ4n) is 2.10. The molecule has 0 unspecified atom stereocenters. The van der Waals surface area contributed by atoms with Crippen molar-refractivity contribution in [2.45, 2.75) is 49.1 Å². The van der Waals surface area contributed by atoms with Gasteiger partial charge < -0.3 is 10.6 Å². The van der Waals surface area contributed by atoms with Crippen LogP contribution in [-0.2, 0) is 15.8 Å². The highest BCUT2D eigenvalue weighted by Crippen LogP contribution is 2.40. The van der Waals surface area contributed by atoms with Crippen LogP contribution >= 0.6 is 11.8 Å². The van der Waals surface area contributed by atoms with E-state index in [9.17, 15) is 22.8 Å². The molecule has 0 aromatic heterocycles. The summed E-state index contributed by atoms with van der Waals surface area (Å²) in [6.07, 6.45) is -4.50. The number of carbonyl (C=O) groups excluding carboxylic acids is 2. The molecule has 1 aromatic carbocycles. The van der Waals surface area contributed by atoms with Crippen LogP contribution in [0.2, 0.25) is 0 Å². The molecule has 1 atom stereocenters. The molecule has 1 aliphatic rings. The first kappa shape index (κ1) is 17.7. The van der Waals surface area contributed by atoms with E-state index in [2.05, 4.69) is 10.6 Å². The number of amides is 2. The van der Waals surface area contributed by atoms with Gasteiger partial charge in [0.1, 0.15) is 0 Å². The summed E-state index contributed by atoms with van der Waals surface area (Å²) in [5.41, 5.74) is -1.10. The molecule has 0 fully saturated rings. The van der Waals surface area contributed by atoms with Crippen molar-refractivity contribution in [3.8, 4) is 0 Å². The van der Waals surface area contributed by atoms with Crippen LogP contribution in [0.5, 0.6) is 0 Å². The number of thioether (sulfide) groups is 1. The predicted molar refractivity (Wildman–Crippen MR) is 82.2 cm³/mol. The average Bonchev–Trinajstić information content (AvgIpc) is 2.35. The summed E-state index contributed by atoms with van der Waals surface area (Å²) < 4.78 is 38.1. The normalized spacial score (nSPS) is 18.2. The van der Waals surface area contributed by atoms with Gasteiger partial charge in [-0.25, -0.2) is 0 Å². The van der Waals surface area contributed by atoms with Crippen LogP contribution in [0.15, 0.2) is 23.1 Å². The van der Waals surface area contributed by atoms with Gasteiger partial charge in [0.2, 0.25) is 11.8 Å². The molecular weight excluding hydrogens is 329 g/mol. The Labute approximate surface area is 136 Å². The molecule has 2 amide bonds. The molecule has 2 rings (SSSR count). The molecule has 1 aromatic rings. The van der Waals surface area contributed by atoms with Crippen LogP contribution < -0.4 is 10.6 Å². The SMILES string of the molecule is CC(C)(C)NC(=O)C[C@@H]1Sc2ccc(C(F)(F)F)cc2NC1=O. The van der Waals surface area contributed by atoms with Gasteiger partial charge in [-0.2, -0.15) is 13.2 Å². The van der Waals surface area contributed by atoms with Crippen LogP contribution in [-0.4, -0.2) is 22.6 Å². The van der Waals surface area contributed by atoms with E-state index < -0.39 is 28.4 Å². The fraction of sp³-hybridized carbons (Fsp3) is 0.467. The van der Waals surface area contributed by atoms with Gasteiger partial charge in [-0.05, 0) is 39.0 Å². The van der Waals surface area contributed by atoms with Crippen molar-refractivity contribution in [1.29, 1.82) is 0 Å². The van der Waals surface area contributed by atoms with Gasteiger partial charge in [0.25, 0.3) is 0 Å². The minimum Gasteiger partial charge on any atom is -0.351 e. The second-order valence-electron chi connectivity index (χ2n) is 6.31. The van der Waals surface area contributed by atoms with Crippen LogP contribution in [0, 0.1) is 0 Å². The van der Waals surface area contributed by atoms with Crippen molar-refractivity contribution in [2.24, 2.45) is 0 Å². The van der Waals surface area contributed by atoms with Gasteiger partial charge in [0.05, 0.1) is 16.5 Å². The topological polar surface area (TPSA) is 58.2 Å². The molecule has 0 aliphatic carbocycles. The van der Waals surface area contributed by atoms with Gasteiger partial charge in [0.15, 0.2) is 0 Å². The average molecular weight is 346 g/mol. The maximum atomic E-state index is 12.7. The lowest BCUT2D eigenvalue weighted by molar-refractivity contribution is -0.137. The molecule has 1 aliphatic heterocycles. The van der Waals surface area contributed by atoms with Crippen LogP contribution in [0.3, 0.4) is 0 Å². The molecule has 2 N–H and O–H groups in total. The van der Waals surface area contributed by atoms with Crippen molar-refractivity contribution in [1.82, 2.24) is 5.32 Å². The lowest BCUT2D eigenvalue weighted by atomic mass is 10.1. The summed E-state index contributed by atoms with van der Waals surface area (Å²) in [7, 11) is 0. The van der Waals surface area contributed by atoms with Crippen LogP contribution in [0.1, 0.15) is 32.8 Å². The lowest BCUT2D eigenvalue weighted by Crippen LogP contribution is -2.43. The molecule has 23 heavy (non-hydrogen) atoms. The summed E-state index contributed by atoms with van der Waals surface area (Å²) in [4.78, 5) is 24.5. The standard InChI is InChI=1S/C15H17F3N2O2S/c1-14(2,3)20-12(21)7-11-13(22)19-9-6-8(15(16,17)18)4-5-10(9)23-11/h4-6,11H,7H2,1-3H3,(H,19,22)(H,20,21)/t11-/m0/s1. The Morgan fingerprint density at radius 1 is 1.30 bits per heavy atom. The van der Waals surface area contributed by atoms with Gasteiger partial charge in [-0.3, -0.25) is 9.59 Å². The van der Waals surface area contributed by atoms with Gasteiger partial charge in [-0.1, -0.05) is 0 Å². The van der Waals surface area contributed by atoms with Crippen molar-refractivity contribution in [2.75, 3.05) is 5.32 Å². The first-order valence-corrected chi connectivity index (χ1v) is 7.83. The van der Waals surface area contributed by atoms with E-state index in [1.54, 1.807) is 0 Å². The number of halogens is 3. The number of fused-ring (bicyclic) bond motifs is 1. The molecule has 1 heterocycles. The highest BCUT2D eigenvalue weighted by Gasteiger charge is 2.34. The quantitative estimate of drug-likeness (QED) is 0.863. The zero-order chi connectivity index (χ0) is 17.4. The van der Waals surface area contributed by atoms with E-state index in [1.165, 1.54) is 6.07 Å². The maximum Gasteiger partial charge on any atom is 0.416 e. The second kappa shape index (κ2) is 6.07. The van der Waals surface area contributed by atoms with Crippen molar-refractivity contribution >= 4 is 29.3 Å². The number of alkyl halides is 3. The minimum absolute atomic E-state index is 0.0335. The maximum absolute atomic E-state index is 12.7. The zero-order valence-corrected chi connectivity index (χ0v) is 13.7. The lowest BCUT2D eigenvalue weighted by Gasteiger charge is -2.26. The first-order valence-electron chi connectivity index (χ1n) is 6.95. The fourth-order valence-corrected chi connectivity index (χ4v) is 3.19. The monoisotopic (exact) mass is 346 g/mol. The third-order valence-corrected chi connectivity index (χ3v) is 4.29. The van der Waals surface area contributed by atoms with Gasteiger partial charge in [-0.15, -0.1) is 11.8 Å². The van der Waals surface area contributed by atoms with Gasteiger partial charge in [0, 0.05) is 16.9 Å². The van der Waals surface area contributed by atoms with Crippen molar-refractivity contribution < 1.29 is 22.8 Å². The second-order valence-corrected chi connectivity index (χ2v) is 7.55. The Bertz CT molecular complexity index is 639. The van der Waals surface area contributed by atoms with Crippen molar-refractivity contribution in [3.05, 3.63) is 23.8 Å². The predicted octanol–water partition coefficient (Wildman–Crippen LogP) is 3.42. The Hall–Kier alpha value is -1.70. The van der Waals surface area contributed by atoms with E-state index >= 15 is 0 Å². The molecule has 0 bridgehead atoms. The molecule has 0 saturated carbocycles. The number of anilines is 1. The third kappa shape index (κ3) is 4.63. The highest BCUT2D eigenvalue weighted by molar-refractivity contribution is 8.01. The largest absolute Gasteiger partial charge is 0.416 e. The number of carbonyl (C=O) groups is 2. The van der Waals surface area contributed by atoms with Crippen molar-refractivity contribution in [3.63, 3.8) is 0 Å². The number of benzene rings is 1. The summed E-state index contributed by atoms with van der Waals surface area (Å²) >= 11 is 1.10. The summed E-state index contributed by atoms with van der Waals surface area (Å²) in [5, 5.41) is 4.54. The highest BCUT2D eigenvalue weighted by atomic mass is 32.2. The molecule has 0 saturated heterocycles.